The maximum atomic E-state index is 12.5. The molecule has 2 rings (SSSR count). The Labute approximate surface area is 129 Å². The van der Waals surface area contributed by atoms with E-state index in [9.17, 15) is 18.3 Å². The van der Waals surface area contributed by atoms with Crippen molar-refractivity contribution >= 4 is 21.7 Å². The Morgan fingerprint density at radius 2 is 1.68 bits per heavy atom. The standard InChI is InChI=1S/C16H17NO4S/c1-10-7-8-13(9-12(10)3)22(20,21)17-15-11(2)5-4-6-14(15)16(18)19/h4-9,17H,1-3H3,(H,18,19). The smallest absolute Gasteiger partial charge is 0.337 e. The van der Waals surface area contributed by atoms with E-state index in [0.717, 1.165) is 11.1 Å². The Hall–Kier alpha value is -2.34. The fourth-order valence-corrected chi connectivity index (χ4v) is 3.29. The number of benzene rings is 2. The minimum absolute atomic E-state index is 0.0765. The molecule has 6 heteroatoms. The zero-order valence-corrected chi connectivity index (χ0v) is 13.4. The molecule has 2 N–H and O–H groups in total. The summed E-state index contributed by atoms with van der Waals surface area (Å²) < 4.78 is 27.4. The molecule has 0 amide bonds. The van der Waals surface area contributed by atoms with E-state index in [4.69, 9.17) is 0 Å². The number of para-hydroxylation sites is 1. The molecule has 0 heterocycles. The van der Waals surface area contributed by atoms with Crippen LogP contribution in [0.15, 0.2) is 41.3 Å². The van der Waals surface area contributed by atoms with Crippen LogP contribution >= 0.6 is 0 Å². The second-order valence-electron chi connectivity index (χ2n) is 5.15. The van der Waals surface area contributed by atoms with Crippen LogP contribution in [0.5, 0.6) is 0 Å². The van der Waals surface area contributed by atoms with E-state index >= 15 is 0 Å². The van der Waals surface area contributed by atoms with E-state index in [0.29, 0.717) is 5.56 Å². The number of hydrogen-bond acceptors (Lipinski definition) is 3. The number of carbonyl (C=O) groups is 1. The van der Waals surface area contributed by atoms with Crippen molar-refractivity contribution in [1.82, 2.24) is 0 Å². The molecule has 2 aromatic carbocycles. The summed E-state index contributed by atoms with van der Waals surface area (Å²) >= 11 is 0. The number of aryl methyl sites for hydroxylation is 3. The predicted octanol–water partition coefficient (Wildman–Crippen LogP) is 3.11. The fraction of sp³-hybridized carbons (Fsp3) is 0.188. The first-order valence-electron chi connectivity index (χ1n) is 6.65. The van der Waals surface area contributed by atoms with Crippen molar-refractivity contribution in [2.24, 2.45) is 0 Å². The van der Waals surface area contributed by atoms with Crippen LogP contribution in [-0.2, 0) is 10.0 Å². The highest BCUT2D eigenvalue weighted by Gasteiger charge is 2.20. The van der Waals surface area contributed by atoms with Gasteiger partial charge in [-0.2, -0.15) is 0 Å². The van der Waals surface area contributed by atoms with Gasteiger partial charge < -0.3 is 5.11 Å². The highest BCUT2D eigenvalue weighted by atomic mass is 32.2. The maximum absolute atomic E-state index is 12.5. The van der Waals surface area contributed by atoms with Gasteiger partial charge in [0, 0.05) is 0 Å². The summed E-state index contributed by atoms with van der Waals surface area (Å²) in [6.07, 6.45) is 0. The first kappa shape index (κ1) is 16.0. The lowest BCUT2D eigenvalue weighted by molar-refractivity contribution is 0.0698. The van der Waals surface area contributed by atoms with Gasteiger partial charge in [0.25, 0.3) is 10.0 Å². The zero-order chi connectivity index (χ0) is 16.5. The van der Waals surface area contributed by atoms with Crippen LogP contribution in [0.3, 0.4) is 0 Å². The van der Waals surface area contributed by atoms with Crippen LogP contribution in [0.25, 0.3) is 0 Å². The molecule has 0 radical (unpaired) electrons. The molecule has 0 bridgehead atoms. The van der Waals surface area contributed by atoms with Gasteiger partial charge in [0.2, 0.25) is 0 Å². The minimum atomic E-state index is -3.84. The van der Waals surface area contributed by atoms with Crippen molar-refractivity contribution in [3.05, 3.63) is 58.7 Å². The Kier molecular flexibility index (Phi) is 4.23. The molecule has 0 aliphatic rings. The topological polar surface area (TPSA) is 83.5 Å². The second-order valence-corrected chi connectivity index (χ2v) is 6.84. The number of sulfonamides is 1. The van der Waals surface area contributed by atoms with Crippen LogP contribution < -0.4 is 4.72 Å². The maximum Gasteiger partial charge on any atom is 0.337 e. The van der Waals surface area contributed by atoms with Crippen LogP contribution in [-0.4, -0.2) is 19.5 Å². The Balaban J connectivity index is 2.50. The van der Waals surface area contributed by atoms with Gasteiger partial charge in [-0.05, 0) is 55.7 Å². The summed E-state index contributed by atoms with van der Waals surface area (Å²) in [6.45, 7) is 5.37. The lowest BCUT2D eigenvalue weighted by Gasteiger charge is -2.14. The number of rotatable bonds is 4. The van der Waals surface area contributed by atoms with E-state index in [1.54, 1.807) is 31.2 Å². The van der Waals surface area contributed by atoms with Gasteiger partial charge in [-0.25, -0.2) is 13.2 Å². The average molecular weight is 319 g/mol. The van der Waals surface area contributed by atoms with Crippen molar-refractivity contribution in [3.63, 3.8) is 0 Å². The number of carboxylic acids is 1. The van der Waals surface area contributed by atoms with E-state index in [2.05, 4.69) is 4.72 Å². The van der Waals surface area contributed by atoms with Crippen LogP contribution in [0, 0.1) is 20.8 Å². The predicted molar refractivity (Wildman–Crippen MR) is 84.9 cm³/mol. The number of carboxylic acid groups (broad SMARTS) is 1. The van der Waals surface area contributed by atoms with Gasteiger partial charge >= 0.3 is 5.97 Å². The quantitative estimate of drug-likeness (QED) is 0.907. The van der Waals surface area contributed by atoms with Crippen molar-refractivity contribution in [1.29, 1.82) is 0 Å². The molecule has 0 fully saturated rings. The third-order valence-corrected chi connectivity index (χ3v) is 4.88. The molecule has 22 heavy (non-hydrogen) atoms. The molecule has 0 aliphatic carbocycles. The first-order chi connectivity index (χ1) is 10.2. The molecule has 2 aromatic rings. The average Bonchev–Trinajstić information content (AvgIpc) is 2.43. The Morgan fingerprint density at radius 3 is 2.27 bits per heavy atom. The lowest BCUT2D eigenvalue weighted by atomic mass is 10.1. The van der Waals surface area contributed by atoms with Gasteiger partial charge in [0.1, 0.15) is 0 Å². The van der Waals surface area contributed by atoms with E-state index < -0.39 is 16.0 Å². The van der Waals surface area contributed by atoms with Crippen LogP contribution in [0.4, 0.5) is 5.69 Å². The SMILES string of the molecule is Cc1ccc(S(=O)(=O)Nc2c(C)cccc2C(=O)O)cc1C. The molecular weight excluding hydrogens is 302 g/mol. The molecule has 0 saturated carbocycles. The van der Waals surface area contributed by atoms with Crippen molar-refractivity contribution < 1.29 is 18.3 Å². The molecule has 0 spiro atoms. The number of aromatic carboxylic acids is 1. The minimum Gasteiger partial charge on any atom is -0.478 e. The third-order valence-electron chi connectivity index (χ3n) is 3.53. The van der Waals surface area contributed by atoms with E-state index in [-0.39, 0.29) is 16.1 Å². The molecule has 0 unspecified atom stereocenters. The third kappa shape index (κ3) is 3.12. The van der Waals surface area contributed by atoms with Crippen molar-refractivity contribution in [3.8, 4) is 0 Å². The zero-order valence-electron chi connectivity index (χ0n) is 12.5. The Bertz CT molecular complexity index is 841. The number of anilines is 1. The molecule has 5 nitrogen and oxygen atoms in total. The molecule has 0 aliphatic heterocycles. The monoisotopic (exact) mass is 319 g/mol. The molecule has 0 atom stereocenters. The number of hydrogen-bond donors (Lipinski definition) is 2. The van der Waals surface area contributed by atoms with Gasteiger partial charge in [0.05, 0.1) is 16.1 Å². The fourth-order valence-electron chi connectivity index (χ4n) is 2.06. The van der Waals surface area contributed by atoms with Crippen molar-refractivity contribution in [2.75, 3.05) is 4.72 Å². The molecule has 116 valence electrons. The van der Waals surface area contributed by atoms with Gasteiger partial charge in [-0.3, -0.25) is 4.72 Å². The molecule has 0 aromatic heterocycles. The number of nitrogens with one attached hydrogen (secondary N) is 1. The van der Waals surface area contributed by atoms with Gasteiger partial charge in [0.15, 0.2) is 0 Å². The first-order valence-corrected chi connectivity index (χ1v) is 8.13. The Morgan fingerprint density at radius 1 is 1.00 bits per heavy atom. The van der Waals surface area contributed by atoms with Crippen molar-refractivity contribution in [2.45, 2.75) is 25.7 Å². The highest BCUT2D eigenvalue weighted by Crippen LogP contribution is 2.25. The molecule has 0 saturated heterocycles. The van der Waals surface area contributed by atoms with Crippen LogP contribution in [0.2, 0.25) is 0 Å². The van der Waals surface area contributed by atoms with Gasteiger partial charge in [-0.15, -0.1) is 0 Å². The summed E-state index contributed by atoms with van der Waals surface area (Å²) in [4.78, 5) is 11.4. The summed E-state index contributed by atoms with van der Waals surface area (Å²) in [7, 11) is -3.84. The summed E-state index contributed by atoms with van der Waals surface area (Å²) in [5.74, 6) is -1.18. The summed E-state index contributed by atoms with van der Waals surface area (Å²) in [5.41, 5.74) is 2.40. The van der Waals surface area contributed by atoms with Gasteiger partial charge in [-0.1, -0.05) is 18.2 Å². The normalized spacial score (nSPS) is 11.2. The van der Waals surface area contributed by atoms with Crippen LogP contribution in [0.1, 0.15) is 27.0 Å². The lowest BCUT2D eigenvalue weighted by Crippen LogP contribution is -2.16. The summed E-state index contributed by atoms with van der Waals surface area (Å²) in [6, 6.07) is 9.39. The largest absolute Gasteiger partial charge is 0.478 e. The summed E-state index contributed by atoms with van der Waals surface area (Å²) in [5, 5.41) is 9.20. The molecular formula is C16H17NO4S. The highest BCUT2D eigenvalue weighted by molar-refractivity contribution is 7.92. The van der Waals surface area contributed by atoms with E-state index in [1.807, 2.05) is 13.8 Å². The second kappa shape index (κ2) is 5.81. The van der Waals surface area contributed by atoms with E-state index in [1.165, 1.54) is 12.1 Å².